The molecule has 2 N–H and O–H groups in total. The first-order chi connectivity index (χ1) is 5.31. The predicted octanol–water partition coefficient (Wildman–Crippen LogP) is 1.12. The standard InChI is InChI=1S/C7H13N3S/c1-2-3-4-5-9-7(11)10-6-8/h2-5H2,1H3,(H2,9,10,11). The van der Waals surface area contributed by atoms with Gasteiger partial charge >= 0.3 is 0 Å². The predicted molar refractivity (Wildman–Crippen MR) is 48.9 cm³/mol. The third-order valence-electron chi connectivity index (χ3n) is 1.24. The molecule has 0 atom stereocenters. The first-order valence-electron chi connectivity index (χ1n) is 3.74. The van der Waals surface area contributed by atoms with Gasteiger partial charge in [-0.3, -0.25) is 5.32 Å². The summed E-state index contributed by atoms with van der Waals surface area (Å²) in [6, 6.07) is 0. The number of hydrogen-bond donors (Lipinski definition) is 2. The second-order valence-electron chi connectivity index (χ2n) is 2.20. The van der Waals surface area contributed by atoms with Crippen molar-refractivity contribution in [1.29, 1.82) is 5.26 Å². The maximum atomic E-state index is 8.15. The molecule has 0 amide bonds. The SMILES string of the molecule is CCCCCNC(=S)NC#N. The van der Waals surface area contributed by atoms with Gasteiger partial charge in [-0.25, -0.2) is 0 Å². The Morgan fingerprint density at radius 2 is 2.27 bits per heavy atom. The molecule has 0 saturated carbocycles. The zero-order valence-corrected chi connectivity index (χ0v) is 7.50. The fourth-order valence-electron chi connectivity index (χ4n) is 0.672. The molecule has 4 heteroatoms. The first-order valence-corrected chi connectivity index (χ1v) is 4.15. The van der Waals surface area contributed by atoms with E-state index in [0.717, 1.165) is 13.0 Å². The van der Waals surface area contributed by atoms with Crippen LogP contribution in [0.3, 0.4) is 0 Å². The van der Waals surface area contributed by atoms with Gasteiger partial charge in [-0.15, -0.1) is 0 Å². The Bertz CT molecular complexity index is 150. The maximum Gasteiger partial charge on any atom is 0.183 e. The summed E-state index contributed by atoms with van der Waals surface area (Å²) in [6.07, 6.45) is 5.25. The number of nitrogens with one attached hydrogen (secondary N) is 2. The minimum Gasteiger partial charge on any atom is -0.362 e. The fourth-order valence-corrected chi connectivity index (χ4v) is 0.820. The molecule has 0 bridgehead atoms. The van der Waals surface area contributed by atoms with Gasteiger partial charge in [0.05, 0.1) is 0 Å². The molecule has 0 rings (SSSR count). The molecule has 0 fully saturated rings. The summed E-state index contributed by atoms with van der Waals surface area (Å²) in [7, 11) is 0. The Labute approximate surface area is 72.8 Å². The van der Waals surface area contributed by atoms with E-state index in [9.17, 15) is 0 Å². The van der Waals surface area contributed by atoms with Crippen molar-refractivity contribution in [3.8, 4) is 6.19 Å². The van der Waals surface area contributed by atoms with E-state index in [1.54, 1.807) is 6.19 Å². The number of hydrogen-bond acceptors (Lipinski definition) is 2. The van der Waals surface area contributed by atoms with Crippen LogP contribution in [0.5, 0.6) is 0 Å². The van der Waals surface area contributed by atoms with Gasteiger partial charge in [0.25, 0.3) is 0 Å². The topological polar surface area (TPSA) is 47.8 Å². The van der Waals surface area contributed by atoms with Crippen LogP contribution in [0.4, 0.5) is 0 Å². The zero-order valence-electron chi connectivity index (χ0n) is 6.68. The molecule has 0 aliphatic rings. The van der Waals surface area contributed by atoms with Crippen LogP contribution >= 0.6 is 12.2 Å². The lowest BCUT2D eigenvalue weighted by molar-refractivity contribution is 0.694. The van der Waals surface area contributed by atoms with Gasteiger partial charge in [0, 0.05) is 6.54 Å². The third kappa shape index (κ3) is 7.07. The summed E-state index contributed by atoms with van der Waals surface area (Å²) >= 11 is 4.76. The second kappa shape index (κ2) is 7.29. The van der Waals surface area contributed by atoms with Crippen LogP contribution in [-0.4, -0.2) is 11.7 Å². The van der Waals surface area contributed by atoms with Crippen molar-refractivity contribution in [3.63, 3.8) is 0 Å². The van der Waals surface area contributed by atoms with Gasteiger partial charge in [-0.1, -0.05) is 19.8 Å². The minimum absolute atomic E-state index is 0.420. The van der Waals surface area contributed by atoms with Crippen molar-refractivity contribution in [2.75, 3.05) is 6.54 Å². The smallest absolute Gasteiger partial charge is 0.183 e. The second-order valence-corrected chi connectivity index (χ2v) is 2.61. The number of nitriles is 1. The van der Waals surface area contributed by atoms with Gasteiger partial charge < -0.3 is 5.32 Å². The van der Waals surface area contributed by atoms with E-state index in [-0.39, 0.29) is 0 Å². The van der Waals surface area contributed by atoms with E-state index in [1.165, 1.54) is 12.8 Å². The number of rotatable bonds is 4. The number of nitrogens with zero attached hydrogens (tertiary/aromatic N) is 1. The van der Waals surface area contributed by atoms with E-state index >= 15 is 0 Å². The van der Waals surface area contributed by atoms with Crippen LogP contribution in [0, 0.1) is 11.5 Å². The lowest BCUT2D eigenvalue weighted by Crippen LogP contribution is -2.32. The molecule has 0 aromatic carbocycles. The Kier molecular flexibility index (Phi) is 6.75. The molecule has 0 aromatic rings. The van der Waals surface area contributed by atoms with Gasteiger partial charge in [0.2, 0.25) is 0 Å². The monoisotopic (exact) mass is 171 g/mol. The van der Waals surface area contributed by atoms with Gasteiger partial charge in [-0.2, -0.15) is 5.26 Å². The average molecular weight is 171 g/mol. The normalized spacial score (nSPS) is 8.36. The van der Waals surface area contributed by atoms with E-state index in [1.807, 2.05) is 0 Å². The van der Waals surface area contributed by atoms with E-state index in [0.29, 0.717) is 5.11 Å². The highest BCUT2D eigenvalue weighted by Gasteiger charge is 1.90. The Morgan fingerprint density at radius 1 is 1.55 bits per heavy atom. The zero-order chi connectivity index (χ0) is 8.53. The highest BCUT2D eigenvalue weighted by atomic mass is 32.1. The Hall–Kier alpha value is -0.820. The minimum atomic E-state index is 0.420. The van der Waals surface area contributed by atoms with Crippen molar-refractivity contribution >= 4 is 17.3 Å². The van der Waals surface area contributed by atoms with Crippen molar-refractivity contribution in [2.45, 2.75) is 26.2 Å². The van der Waals surface area contributed by atoms with Crippen LogP contribution < -0.4 is 10.6 Å². The van der Waals surface area contributed by atoms with Crippen LogP contribution in [-0.2, 0) is 0 Å². The molecular weight excluding hydrogens is 158 g/mol. The Balaban J connectivity index is 3.12. The molecule has 0 radical (unpaired) electrons. The molecular formula is C7H13N3S. The van der Waals surface area contributed by atoms with Crippen LogP contribution in [0.1, 0.15) is 26.2 Å². The molecule has 0 saturated heterocycles. The van der Waals surface area contributed by atoms with Crippen LogP contribution in [0.25, 0.3) is 0 Å². The molecule has 0 aromatic heterocycles. The van der Waals surface area contributed by atoms with E-state index < -0.39 is 0 Å². The van der Waals surface area contributed by atoms with Crippen molar-refractivity contribution < 1.29 is 0 Å². The van der Waals surface area contributed by atoms with Crippen LogP contribution in [0.15, 0.2) is 0 Å². The number of thiocarbonyl (C=S) groups is 1. The molecule has 3 nitrogen and oxygen atoms in total. The largest absolute Gasteiger partial charge is 0.362 e. The van der Waals surface area contributed by atoms with Gasteiger partial charge in [0.1, 0.15) is 0 Å². The summed E-state index contributed by atoms with van der Waals surface area (Å²) in [6.45, 7) is 2.99. The lowest BCUT2D eigenvalue weighted by Gasteiger charge is -2.03. The highest BCUT2D eigenvalue weighted by Crippen LogP contribution is 1.90. The van der Waals surface area contributed by atoms with Crippen molar-refractivity contribution in [1.82, 2.24) is 10.6 Å². The summed E-state index contributed by atoms with van der Waals surface area (Å²) < 4.78 is 0. The third-order valence-corrected chi connectivity index (χ3v) is 1.48. The van der Waals surface area contributed by atoms with E-state index in [2.05, 4.69) is 17.6 Å². The summed E-state index contributed by atoms with van der Waals surface area (Å²) in [5.41, 5.74) is 0. The van der Waals surface area contributed by atoms with Gasteiger partial charge in [0.15, 0.2) is 11.3 Å². The Morgan fingerprint density at radius 3 is 2.82 bits per heavy atom. The average Bonchev–Trinajstić information content (AvgIpc) is 1.99. The van der Waals surface area contributed by atoms with Gasteiger partial charge in [-0.05, 0) is 18.6 Å². The summed E-state index contributed by atoms with van der Waals surface area (Å²) in [4.78, 5) is 0. The van der Waals surface area contributed by atoms with Crippen molar-refractivity contribution in [2.24, 2.45) is 0 Å². The van der Waals surface area contributed by atoms with Crippen LogP contribution in [0.2, 0.25) is 0 Å². The summed E-state index contributed by atoms with van der Waals surface area (Å²) in [5, 5.41) is 13.8. The molecule has 11 heavy (non-hydrogen) atoms. The molecule has 0 heterocycles. The number of unbranched alkanes of at least 4 members (excludes halogenated alkanes) is 2. The molecule has 62 valence electrons. The highest BCUT2D eigenvalue weighted by molar-refractivity contribution is 7.80. The molecule has 0 aliphatic carbocycles. The summed E-state index contributed by atoms with van der Waals surface area (Å²) in [5.74, 6) is 0. The maximum absolute atomic E-state index is 8.15. The fraction of sp³-hybridized carbons (Fsp3) is 0.714. The van der Waals surface area contributed by atoms with E-state index in [4.69, 9.17) is 17.5 Å². The lowest BCUT2D eigenvalue weighted by atomic mass is 10.2. The molecule has 0 aliphatic heterocycles. The molecule has 0 spiro atoms. The first kappa shape index (κ1) is 10.2. The molecule has 0 unspecified atom stereocenters. The quantitative estimate of drug-likeness (QED) is 0.288. The van der Waals surface area contributed by atoms with Crippen molar-refractivity contribution in [3.05, 3.63) is 0 Å².